The third-order valence-electron chi connectivity index (χ3n) is 10.1. The lowest BCUT2D eigenvalue weighted by Gasteiger charge is -2.18. The van der Waals surface area contributed by atoms with E-state index in [0.29, 0.717) is 0 Å². The second-order valence-electron chi connectivity index (χ2n) is 12.8. The molecular formula is C48H30O. The second-order valence-corrected chi connectivity index (χ2v) is 12.8. The summed E-state index contributed by atoms with van der Waals surface area (Å²) >= 11 is 0. The van der Waals surface area contributed by atoms with Crippen molar-refractivity contribution in [3.63, 3.8) is 0 Å². The van der Waals surface area contributed by atoms with Crippen LogP contribution in [0.25, 0.3) is 98.8 Å². The Kier molecular flexibility index (Phi) is 6.25. The summed E-state index contributed by atoms with van der Waals surface area (Å²) in [5.41, 5.74) is 11.4. The fourth-order valence-corrected chi connectivity index (χ4v) is 7.92. The number of hydrogen-bond donors (Lipinski definition) is 0. The zero-order valence-corrected chi connectivity index (χ0v) is 26.7. The zero-order valence-electron chi connectivity index (χ0n) is 26.7. The number of hydrogen-bond acceptors (Lipinski definition) is 1. The molecule has 0 radical (unpaired) electrons. The molecule has 228 valence electrons. The van der Waals surface area contributed by atoms with Gasteiger partial charge in [-0.15, -0.1) is 0 Å². The maximum Gasteiger partial charge on any atom is 0.143 e. The van der Waals surface area contributed by atoms with Crippen LogP contribution in [0.4, 0.5) is 0 Å². The van der Waals surface area contributed by atoms with Gasteiger partial charge in [-0.05, 0) is 89.5 Å². The van der Waals surface area contributed by atoms with Gasteiger partial charge in [-0.1, -0.05) is 164 Å². The highest BCUT2D eigenvalue weighted by molar-refractivity contribution is 6.24. The Morgan fingerprint density at radius 2 is 0.857 bits per heavy atom. The number of fused-ring (bicyclic) bond motifs is 6. The Balaban J connectivity index is 1.26. The molecule has 1 nitrogen and oxygen atoms in total. The Hall–Kier alpha value is -6.44. The Morgan fingerprint density at radius 1 is 0.286 bits per heavy atom. The fourth-order valence-electron chi connectivity index (χ4n) is 7.92. The number of rotatable bonds is 4. The second kappa shape index (κ2) is 11.1. The summed E-state index contributed by atoms with van der Waals surface area (Å²) in [6, 6.07) is 65.6. The van der Waals surface area contributed by atoms with E-state index in [9.17, 15) is 0 Å². The number of furan rings is 1. The van der Waals surface area contributed by atoms with E-state index in [1.807, 2.05) is 0 Å². The van der Waals surface area contributed by atoms with Crippen LogP contribution in [0.15, 0.2) is 186 Å². The third-order valence-corrected chi connectivity index (χ3v) is 10.1. The van der Waals surface area contributed by atoms with Gasteiger partial charge in [0.1, 0.15) is 11.2 Å². The van der Waals surface area contributed by atoms with Crippen molar-refractivity contribution < 1.29 is 4.42 Å². The van der Waals surface area contributed by atoms with Gasteiger partial charge in [-0.2, -0.15) is 0 Å². The van der Waals surface area contributed by atoms with Crippen molar-refractivity contribution in [1.29, 1.82) is 0 Å². The molecule has 0 N–H and O–H groups in total. The van der Waals surface area contributed by atoms with Crippen LogP contribution in [-0.4, -0.2) is 0 Å². The van der Waals surface area contributed by atoms with Gasteiger partial charge in [0.05, 0.1) is 0 Å². The molecule has 0 saturated heterocycles. The third kappa shape index (κ3) is 4.33. The summed E-state index contributed by atoms with van der Waals surface area (Å²) < 4.78 is 6.78. The van der Waals surface area contributed by atoms with E-state index in [1.54, 1.807) is 0 Å². The van der Waals surface area contributed by atoms with Gasteiger partial charge in [0.15, 0.2) is 0 Å². The molecule has 10 rings (SSSR count). The topological polar surface area (TPSA) is 13.1 Å². The summed E-state index contributed by atoms with van der Waals surface area (Å²) in [4.78, 5) is 0. The van der Waals surface area contributed by atoms with Crippen LogP contribution in [0.3, 0.4) is 0 Å². The molecule has 0 bridgehead atoms. The van der Waals surface area contributed by atoms with Crippen molar-refractivity contribution in [2.24, 2.45) is 0 Å². The average molecular weight is 623 g/mol. The summed E-state index contributed by atoms with van der Waals surface area (Å²) in [5, 5.41) is 9.75. The molecular weight excluding hydrogens is 593 g/mol. The van der Waals surface area contributed by atoms with Crippen LogP contribution in [0.1, 0.15) is 0 Å². The van der Waals surface area contributed by atoms with Gasteiger partial charge in [0, 0.05) is 16.3 Å². The van der Waals surface area contributed by atoms with Crippen LogP contribution in [-0.2, 0) is 0 Å². The molecule has 0 aliphatic heterocycles. The molecule has 0 atom stereocenters. The molecule has 0 aliphatic carbocycles. The molecule has 0 spiro atoms. The fraction of sp³-hybridized carbons (Fsp3) is 0. The molecule has 1 heterocycles. The number of benzene rings is 9. The average Bonchev–Trinajstić information content (AvgIpc) is 3.55. The van der Waals surface area contributed by atoms with Crippen LogP contribution in [0, 0.1) is 0 Å². The summed E-state index contributed by atoms with van der Waals surface area (Å²) in [5.74, 6) is 0. The van der Waals surface area contributed by atoms with Gasteiger partial charge < -0.3 is 4.42 Å². The van der Waals surface area contributed by atoms with Crippen LogP contribution >= 0.6 is 0 Å². The molecule has 0 amide bonds. The van der Waals surface area contributed by atoms with Crippen molar-refractivity contribution in [3.8, 4) is 44.5 Å². The maximum atomic E-state index is 6.78. The predicted molar refractivity (Wildman–Crippen MR) is 208 cm³/mol. The minimum absolute atomic E-state index is 0.891. The Bertz CT molecular complexity index is 2800. The summed E-state index contributed by atoms with van der Waals surface area (Å²) in [6.07, 6.45) is 0. The smallest absolute Gasteiger partial charge is 0.143 e. The van der Waals surface area contributed by atoms with Crippen LogP contribution in [0.5, 0.6) is 0 Å². The van der Waals surface area contributed by atoms with Crippen molar-refractivity contribution in [1.82, 2.24) is 0 Å². The van der Waals surface area contributed by atoms with Gasteiger partial charge in [-0.3, -0.25) is 0 Å². The normalized spacial score (nSPS) is 11.7. The van der Waals surface area contributed by atoms with E-state index >= 15 is 0 Å². The molecule has 9 aromatic carbocycles. The first-order chi connectivity index (χ1) is 24.3. The molecule has 10 aromatic rings. The van der Waals surface area contributed by atoms with E-state index in [4.69, 9.17) is 4.42 Å². The largest absolute Gasteiger partial charge is 0.455 e. The molecule has 0 aliphatic rings. The van der Waals surface area contributed by atoms with Crippen LogP contribution in [0.2, 0.25) is 0 Å². The summed E-state index contributed by atoms with van der Waals surface area (Å²) in [6.45, 7) is 0. The Labute approximate surface area is 284 Å². The van der Waals surface area contributed by atoms with Crippen molar-refractivity contribution in [3.05, 3.63) is 182 Å². The van der Waals surface area contributed by atoms with E-state index in [1.165, 1.54) is 65.7 Å². The minimum atomic E-state index is 0.891. The van der Waals surface area contributed by atoms with E-state index < -0.39 is 0 Å². The molecule has 1 heteroatoms. The molecule has 49 heavy (non-hydrogen) atoms. The lowest BCUT2D eigenvalue weighted by Crippen LogP contribution is -1.91. The van der Waals surface area contributed by atoms with Gasteiger partial charge in [0.25, 0.3) is 0 Å². The lowest BCUT2D eigenvalue weighted by molar-refractivity contribution is 0.670. The standard InChI is InChI=1S/C48H30O/c1-3-14-32(15-4-1)36-27-28-42-43-30-34(26-29-44(43)49-48(42)46(36)33-17-5-2-6-18-33)45-38-21-9-11-23-40(38)47(41-24-12-10-22-39(41)45)37-25-13-19-31-16-7-8-20-35(31)37/h1-30H. The van der Waals surface area contributed by atoms with E-state index in [-0.39, 0.29) is 0 Å². The SMILES string of the molecule is c1ccc(-c2ccc3c(oc4ccc(-c5c6ccccc6c(-c6cccc7ccccc67)c6ccccc56)cc43)c2-c2ccccc2)cc1. The van der Waals surface area contributed by atoms with Gasteiger partial charge in [0.2, 0.25) is 0 Å². The molecule has 0 saturated carbocycles. The van der Waals surface area contributed by atoms with Crippen molar-refractivity contribution >= 4 is 54.3 Å². The van der Waals surface area contributed by atoms with E-state index in [2.05, 4.69) is 182 Å². The molecule has 0 fully saturated rings. The molecule has 0 unspecified atom stereocenters. The first-order valence-electron chi connectivity index (χ1n) is 16.9. The maximum absolute atomic E-state index is 6.78. The highest BCUT2D eigenvalue weighted by Crippen LogP contribution is 2.47. The quantitative estimate of drug-likeness (QED) is 0.178. The highest BCUT2D eigenvalue weighted by Gasteiger charge is 2.21. The van der Waals surface area contributed by atoms with Gasteiger partial charge in [-0.25, -0.2) is 0 Å². The van der Waals surface area contributed by atoms with E-state index in [0.717, 1.165) is 33.1 Å². The lowest BCUT2D eigenvalue weighted by atomic mass is 9.84. The first kappa shape index (κ1) is 27.7. The minimum Gasteiger partial charge on any atom is -0.455 e. The molecule has 1 aromatic heterocycles. The van der Waals surface area contributed by atoms with Gasteiger partial charge >= 0.3 is 0 Å². The van der Waals surface area contributed by atoms with Crippen molar-refractivity contribution in [2.45, 2.75) is 0 Å². The highest BCUT2D eigenvalue weighted by atomic mass is 16.3. The first-order valence-corrected chi connectivity index (χ1v) is 16.9. The zero-order chi connectivity index (χ0) is 32.3. The predicted octanol–water partition coefficient (Wildman–Crippen LogP) is 13.7. The van der Waals surface area contributed by atoms with Crippen molar-refractivity contribution in [2.75, 3.05) is 0 Å². The Morgan fingerprint density at radius 3 is 1.55 bits per heavy atom. The summed E-state index contributed by atoms with van der Waals surface area (Å²) in [7, 11) is 0. The monoisotopic (exact) mass is 622 g/mol. The van der Waals surface area contributed by atoms with Crippen LogP contribution < -0.4 is 0 Å².